The van der Waals surface area contributed by atoms with Crippen LogP contribution in [0.15, 0.2) is 67.1 Å². The molecule has 0 saturated carbocycles. The Morgan fingerprint density at radius 1 is 1.09 bits per heavy atom. The zero-order valence-corrected chi connectivity index (χ0v) is 20.4. The summed E-state index contributed by atoms with van der Waals surface area (Å²) in [6.45, 7) is 5.24. The molecule has 0 unspecified atom stereocenters. The van der Waals surface area contributed by atoms with E-state index in [9.17, 15) is 5.26 Å². The number of hydrogen-bond acceptors (Lipinski definition) is 3. The first-order chi connectivity index (χ1) is 17.1. The summed E-state index contributed by atoms with van der Waals surface area (Å²) in [6, 6.07) is 18.6. The monoisotopic (exact) mass is 479 g/mol. The van der Waals surface area contributed by atoms with Gasteiger partial charge in [-0.05, 0) is 97.9 Å². The number of nitrogens with one attached hydrogen (secondary N) is 1. The number of benzene rings is 2. The number of likely N-dealkylation sites (tertiary alicyclic amines) is 1. The largest absolute Gasteiger partial charge is 0.346 e. The van der Waals surface area contributed by atoms with Crippen LogP contribution in [0.1, 0.15) is 41.1 Å². The van der Waals surface area contributed by atoms with E-state index in [0.29, 0.717) is 11.6 Å². The molecule has 0 amide bonds. The second-order valence-electron chi connectivity index (χ2n) is 9.48. The fourth-order valence-corrected chi connectivity index (χ4v) is 5.64. The van der Waals surface area contributed by atoms with E-state index in [1.165, 1.54) is 22.1 Å². The number of aromatic amines is 1. The highest BCUT2D eigenvalue weighted by Crippen LogP contribution is 2.36. The minimum atomic E-state index is 0.524. The predicted octanol–water partition coefficient (Wildman–Crippen LogP) is 6.72. The van der Waals surface area contributed by atoms with E-state index in [-0.39, 0.29) is 0 Å². The molecule has 0 atom stereocenters. The Labute approximate surface area is 209 Å². The fourth-order valence-electron chi connectivity index (χ4n) is 5.51. The number of aromatic nitrogens is 3. The van der Waals surface area contributed by atoms with Crippen LogP contribution in [0, 0.1) is 18.3 Å². The molecule has 1 N–H and O–H groups in total. The number of nitrogens with zero attached hydrogens (tertiary/aromatic N) is 4. The molecule has 0 bridgehead atoms. The van der Waals surface area contributed by atoms with Crippen molar-refractivity contribution in [3.05, 3.63) is 94.5 Å². The normalized spacial score (nSPS) is 15.1. The molecule has 4 heterocycles. The number of fused-ring (bicyclic) bond motifs is 2. The topological polar surface area (TPSA) is 60.6 Å². The van der Waals surface area contributed by atoms with Gasteiger partial charge in [0.15, 0.2) is 0 Å². The lowest BCUT2D eigenvalue weighted by Crippen LogP contribution is -2.32. The minimum absolute atomic E-state index is 0.524. The molecule has 0 radical (unpaired) electrons. The van der Waals surface area contributed by atoms with Crippen LogP contribution >= 0.6 is 11.6 Å². The van der Waals surface area contributed by atoms with Crippen LogP contribution in [0.5, 0.6) is 0 Å². The summed E-state index contributed by atoms with van der Waals surface area (Å²) >= 11 is 6.12. The van der Waals surface area contributed by atoms with Crippen molar-refractivity contribution in [1.29, 1.82) is 5.26 Å². The van der Waals surface area contributed by atoms with Crippen molar-refractivity contribution in [2.24, 2.45) is 0 Å². The Hall–Kier alpha value is -3.59. The van der Waals surface area contributed by atoms with Crippen molar-refractivity contribution < 1.29 is 0 Å². The molecule has 0 aliphatic carbocycles. The van der Waals surface area contributed by atoms with Crippen molar-refractivity contribution in [3.8, 4) is 11.8 Å². The van der Waals surface area contributed by atoms with Gasteiger partial charge in [0.2, 0.25) is 0 Å². The average Bonchev–Trinajstić information content (AvgIpc) is 3.49. The third-order valence-electron chi connectivity index (χ3n) is 7.47. The van der Waals surface area contributed by atoms with Crippen LogP contribution in [-0.4, -0.2) is 32.5 Å². The minimum Gasteiger partial charge on any atom is -0.346 e. The number of piperidine rings is 1. The van der Waals surface area contributed by atoms with Crippen molar-refractivity contribution in [1.82, 2.24) is 19.4 Å². The van der Waals surface area contributed by atoms with Crippen LogP contribution in [0.25, 0.3) is 27.5 Å². The number of pyridine rings is 1. The van der Waals surface area contributed by atoms with Crippen molar-refractivity contribution >= 4 is 33.4 Å². The van der Waals surface area contributed by atoms with E-state index in [0.717, 1.165) is 59.6 Å². The molecule has 2 aromatic carbocycles. The second-order valence-corrected chi connectivity index (χ2v) is 9.92. The summed E-state index contributed by atoms with van der Waals surface area (Å²) in [5.41, 5.74) is 7.91. The van der Waals surface area contributed by atoms with Crippen LogP contribution in [0.3, 0.4) is 0 Å². The summed E-state index contributed by atoms with van der Waals surface area (Å²) in [7, 11) is 0. The smallest absolute Gasteiger partial charge is 0.118 e. The number of hydrogen-bond donors (Lipinski definition) is 1. The van der Waals surface area contributed by atoms with E-state index in [2.05, 4.69) is 69.0 Å². The van der Waals surface area contributed by atoms with E-state index >= 15 is 0 Å². The summed E-state index contributed by atoms with van der Waals surface area (Å²) in [5.74, 6) is 0.524. The van der Waals surface area contributed by atoms with Gasteiger partial charge in [0, 0.05) is 45.9 Å². The van der Waals surface area contributed by atoms with Gasteiger partial charge in [-0.15, -0.1) is 0 Å². The quantitative estimate of drug-likeness (QED) is 0.311. The average molecular weight is 480 g/mol. The Kier molecular flexibility index (Phi) is 5.56. The number of nitriles is 1. The maximum atomic E-state index is 9.22. The summed E-state index contributed by atoms with van der Waals surface area (Å²) in [6.07, 6.45) is 8.41. The number of aryl methyl sites for hydroxylation is 1. The van der Waals surface area contributed by atoms with Crippen LogP contribution in [0.4, 0.5) is 0 Å². The van der Waals surface area contributed by atoms with Crippen molar-refractivity contribution in [3.63, 3.8) is 0 Å². The number of halogens is 1. The second kappa shape index (κ2) is 8.88. The number of rotatable bonds is 4. The molecule has 6 rings (SSSR count). The van der Waals surface area contributed by atoms with Gasteiger partial charge < -0.3 is 9.55 Å². The van der Waals surface area contributed by atoms with Gasteiger partial charge in [-0.25, -0.2) is 0 Å². The summed E-state index contributed by atoms with van der Waals surface area (Å²) < 4.78 is 2.24. The van der Waals surface area contributed by atoms with Gasteiger partial charge in [-0.1, -0.05) is 17.7 Å². The maximum absolute atomic E-state index is 9.22. The Morgan fingerprint density at radius 2 is 1.89 bits per heavy atom. The lowest BCUT2D eigenvalue weighted by Gasteiger charge is -2.32. The molecule has 1 fully saturated rings. The predicted molar refractivity (Wildman–Crippen MR) is 141 cm³/mol. The third kappa shape index (κ3) is 3.99. The van der Waals surface area contributed by atoms with E-state index in [1.54, 1.807) is 0 Å². The SMILES string of the molecule is Cc1c(CN2CCC(c3cn(-c4ccc(Cl)cc4)c4cnccc34)CC2)ccc2[nH]c(C#N)cc12. The molecule has 5 aromatic rings. The zero-order valence-electron chi connectivity index (χ0n) is 19.6. The molecule has 0 spiro atoms. The first kappa shape index (κ1) is 21.9. The van der Waals surface area contributed by atoms with Crippen LogP contribution in [-0.2, 0) is 6.54 Å². The van der Waals surface area contributed by atoms with Gasteiger partial charge in [0.25, 0.3) is 0 Å². The standard InChI is InChI=1S/C29H26ClN5/c1-19-21(2-7-28-26(19)14-23(15-31)33-28)17-34-12-9-20(10-13-34)27-18-35(24-5-3-22(30)4-6-24)29-16-32-11-8-25(27)29/h2-8,11,14,16,18,20,33H,9-10,12-13,17H2,1H3. The van der Waals surface area contributed by atoms with Gasteiger partial charge in [-0.3, -0.25) is 9.88 Å². The van der Waals surface area contributed by atoms with Gasteiger partial charge >= 0.3 is 0 Å². The molecule has 35 heavy (non-hydrogen) atoms. The van der Waals surface area contributed by atoms with E-state index < -0.39 is 0 Å². The number of H-pyrrole nitrogens is 1. The zero-order chi connectivity index (χ0) is 23.9. The van der Waals surface area contributed by atoms with E-state index in [4.69, 9.17) is 11.6 Å². The molecule has 5 nitrogen and oxygen atoms in total. The molecule has 3 aromatic heterocycles. The molecular weight excluding hydrogens is 454 g/mol. The van der Waals surface area contributed by atoms with Crippen LogP contribution in [0.2, 0.25) is 5.02 Å². The molecule has 1 aliphatic heterocycles. The van der Waals surface area contributed by atoms with Gasteiger partial charge in [0.1, 0.15) is 11.8 Å². The molecule has 1 saturated heterocycles. The highest BCUT2D eigenvalue weighted by atomic mass is 35.5. The Morgan fingerprint density at radius 3 is 2.66 bits per heavy atom. The van der Waals surface area contributed by atoms with Gasteiger partial charge in [-0.2, -0.15) is 5.26 Å². The first-order valence-electron chi connectivity index (χ1n) is 12.1. The third-order valence-corrected chi connectivity index (χ3v) is 7.72. The Bertz CT molecular complexity index is 1560. The summed E-state index contributed by atoms with van der Waals surface area (Å²) in [4.78, 5) is 10.1. The molecular formula is C29H26ClN5. The highest BCUT2D eigenvalue weighted by molar-refractivity contribution is 6.30. The van der Waals surface area contributed by atoms with Crippen molar-refractivity contribution in [2.75, 3.05) is 13.1 Å². The van der Waals surface area contributed by atoms with Crippen molar-refractivity contribution in [2.45, 2.75) is 32.2 Å². The van der Waals surface area contributed by atoms with E-state index in [1.807, 2.05) is 30.6 Å². The lowest BCUT2D eigenvalue weighted by atomic mass is 9.89. The molecule has 174 valence electrons. The fraction of sp³-hybridized carbons (Fsp3) is 0.241. The Balaban J connectivity index is 1.22. The summed E-state index contributed by atoms with van der Waals surface area (Å²) in [5, 5.41) is 12.4. The molecule has 6 heteroatoms. The molecule has 1 aliphatic rings. The lowest BCUT2D eigenvalue weighted by molar-refractivity contribution is 0.205. The van der Waals surface area contributed by atoms with Gasteiger partial charge in [0.05, 0.1) is 11.7 Å². The highest BCUT2D eigenvalue weighted by Gasteiger charge is 2.24. The van der Waals surface area contributed by atoms with Crippen LogP contribution < -0.4 is 0 Å². The maximum Gasteiger partial charge on any atom is 0.118 e. The first-order valence-corrected chi connectivity index (χ1v) is 12.4.